The summed E-state index contributed by atoms with van der Waals surface area (Å²) < 4.78 is 27.9. The molecule has 2 aromatic carbocycles. The van der Waals surface area contributed by atoms with Crippen LogP contribution in [0.3, 0.4) is 0 Å². The van der Waals surface area contributed by atoms with Crippen molar-refractivity contribution in [3.8, 4) is 0 Å². The normalized spacial score (nSPS) is 14.8. The summed E-state index contributed by atoms with van der Waals surface area (Å²) in [5, 5.41) is 0. The van der Waals surface area contributed by atoms with Crippen molar-refractivity contribution in [1.82, 2.24) is 0 Å². The van der Waals surface area contributed by atoms with Crippen LogP contribution in [0.2, 0.25) is 0 Å². The maximum absolute atomic E-state index is 13.0. The predicted octanol–water partition coefficient (Wildman–Crippen LogP) is 3.17. The van der Waals surface area contributed by atoms with E-state index in [-0.39, 0.29) is 4.90 Å². The van der Waals surface area contributed by atoms with Crippen LogP contribution in [0.5, 0.6) is 0 Å². The van der Waals surface area contributed by atoms with E-state index in [1.54, 1.807) is 12.1 Å². The number of para-hydroxylation sites is 1. The fourth-order valence-corrected chi connectivity index (χ4v) is 5.09. The van der Waals surface area contributed by atoms with Gasteiger partial charge >= 0.3 is 0 Å². The third-order valence-corrected chi connectivity index (χ3v) is 6.40. The SMILES string of the molecule is Nc1ccc(Br)c(S(=O)(=O)N2CCCc3ccccc32)c1. The number of sulfonamides is 1. The summed E-state index contributed by atoms with van der Waals surface area (Å²) in [4.78, 5) is 0.208. The highest BCUT2D eigenvalue weighted by atomic mass is 79.9. The molecule has 6 heteroatoms. The highest BCUT2D eigenvalue weighted by molar-refractivity contribution is 9.10. The van der Waals surface area contributed by atoms with Crippen LogP contribution < -0.4 is 10.0 Å². The van der Waals surface area contributed by atoms with E-state index in [1.807, 2.05) is 24.3 Å². The van der Waals surface area contributed by atoms with Crippen LogP contribution in [-0.2, 0) is 16.4 Å². The Labute approximate surface area is 132 Å². The lowest BCUT2D eigenvalue weighted by Crippen LogP contribution is -2.35. The second kappa shape index (κ2) is 5.35. The number of nitrogen functional groups attached to an aromatic ring is 1. The van der Waals surface area contributed by atoms with Crippen LogP contribution in [0, 0.1) is 0 Å². The van der Waals surface area contributed by atoms with E-state index >= 15 is 0 Å². The number of hydrogen-bond donors (Lipinski definition) is 1. The first-order chi connectivity index (χ1) is 10.00. The zero-order chi connectivity index (χ0) is 15.0. The van der Waals surface area contributed by atoms with Gasteiger partial charge in [0.1, 0.15) is 4.90 Å². The van der Waals surface area contributed by atoms with Crippen LogP contribution in [-0.4, -0.2) is 15.0 Å². The molecule has 0 aromatic heterocycles. The molecule has 2 aromatic rings. The summed E-state index contributed by atoms with van der Waals surface area (Å²) in [6.45, 7) is 0.487. The smallest absolute Gasteiger partial charge is 0.265 e. The molecule has 2 N–H and O–H groups in total. The van der Waals surface area contributed by atoms with Gasteiger partial charge in [-0.05, 0) is 58.6 Å². The standard InChI is InChI=1S/C15H15BrN2O2S/c16-13-8-7-12(17)10-15(13)21(19,20)18-9-3-5-11-4-1-2-6-14(11)18/h1-2,4,6-8,10H,3,5,9,17H2. The molecule has 0 saturated heterocycles. The van der Waals surface area contributed by atoms with E-state index < -0.39 is 10.0 Å². The Morgan fingerprint density at radius 1 is 1.14 bits per heavy atom. The summed E-state index contributed by atoms with van der Waals surface area (Å²) in [5.41, 5.74) is 8.00. The van der Waals surface area contributed by atoms with Gasteiger partial charge in [0.2, 0.25) is 0 Å². The second-order valence-electron chi connectivity index (χ2n) is 5.00. The lowest BCUT2D eigenvalue weighted by atomic mass is 10.0. The molecule has 0 bridgehead atoms. The van der Waals surface area contributed by atoms with Crippen molar-refractivity contribution in [1.29, 1.82) is 0 Å². The summed E-state index contributed by atoms with van der Waals surface area (Å²) in [7, 11) is -3.62. The predicted molar refractivity (Wildman–Crippen MR) is 87.8 cm³/mol. The molecule has 1 aliphatic rings. The number of hydrogen-bond acceptors (Lipinski definition) is 3. The Morgan fingerprint density at radius 2 is 1.90 bits per heavy atom. The second-order valence-corrected chi connectivity index (χ2v) is 7.68. The topological polar surface area (TPSA) is 63.4 Å². The zero-order valence-electron chi connectivity index (χ0n) is 11.3. The van der Waals surface area contributed by atoms with Crippen molar-refractivity contribution in [2.45, 2.75) is 17.7 Å². The number of benzene rings is 2. The minimum Gasteiger partial charge on any atom is -0.399 e. The van der Waals surface area contributed by atoms with Gasteiger partial charge in [-0.15, -0.1) is 0 Å². The molecule has 0 unspecified atom stereocenters. The average Bonchev–Trinajstić information content (AvgIpc) is 2.49. The van der Waals surface area contributed by atoms with Gasteiger partial charge in [0.25, 0.3) is 10.0 Å². The maximum atomic E-state index is 13.0. The third kappa shape index (κ3) is 2.53. The van der Waals surface area contributed by atoms with Gasteiger partial charge in [-0.1, -0.05) is 18.2 Å². The average molecular weight is 367 g/mol. The Balaban J connectivity index is 2.14. The maximum Gasteiger partial charge on any atom is 0.265 e. The van der Waals surface area contributed by atoms with Gasteiger partial charge in [-0.3, -0.25) is 4.31 Å². The van der Waals surface area contributed by atoms with Crippen molar-refractivity contribution < 1.29 is 8.42 Å². The molecule has 4 nitrogen and oxygen atoms in total. The van der Waals surface area contributed by atoms with Crippen molar-refractivity contribution in [3.63, 3.8) is 0 Å². The lowest BCUT2D eigenvalue weighted by Gasteiger charge is -2.30. The Morgan fingerprint density at radius 3 is 2.71 bits per heavy atom. The summed E-state index contributed by atoms with van der Waals surface area (Å²) >= 11 is 3.31. The Hall–Kier alpha value is -1.53. The Bertz CT molecular complexity index is 790. The highest BCUT2D eigenvalue weighted by Crippen LogP contribution is 2.34. The first kappa shape index (κ1) is 14.4. The molecule has 0 amide bonds. The van der Waals surface area contributed by atoms with Gasteiger partial charge in [0.15, 0.2) is 0 Å². The lowest BCUT2D eigenvalue weighted by molar-refractivity contribution is 0.586. The van der Waals surface area contributed by atoms with Crippen LogP contribution in [0.25, 0.3) is 0 Å². The third-order valence-electron chi connectivity index (χ3n) is 3.59. The monoisotopic (exact) mass is 366 g/mol. The van der Waals surface area contributed by atoms with E-state index in [4.69, 9.17) is 5.73 Å². The molecule has 110 valence electrons. The summed E-state index contributed by atoms with van der Waals surface area (Å²) in [6.07, 6.45) is 1.72. The molecule has 0 spiro atoms. The van der Waals surface area contributed by atoms with Gasteiger partial charge in [-0.2, -0.15) is 0 Å². The van der Waals surface area contributed by atoms with E-state index in [0.717, 1.165) is 24.1 Å². The summed E-state index contributed by atoms with van der Waals surface area (Å²) in [6, 6.07) is 12.5. The number of rotatable bonds is 2. The highest BCUT2D eigenvalue weighted by Gasteiger charge is 2.30. The molecule has 0 saturated carbocycles. The number of nitrogens with zero attached hydrogens (tertiary/aromatic N) is 1. The van der Waals surface area contributed by atoms with Crippen molar-refractivity contribution in [2.75, 3.05) is 16.6 Å². The fraction of sp³-hybridized carbons (Fsp3) is 0.200. The van der Waals surface area contributed by atoms with Crippen LogP contribution in [0.15, 0.2) is 51.8 Å². The van der Waals surface area contributed by atoms with Crippen molar-refractivity contribution >= 4 is 37.3 Å². The summed E-state index contributed by atoms with van der Waals surface area (Å²) in [5.74, 6) is 0. The molecular weight excluding hydrogens is 352 g/mol. The molecule has 1 aliphatic heterocycles. The van der Waals surface area contributed by atoms with Gasteiger partial charge in [-0.25, -0.2) is 8.42 Å². The van der Waals surface area contributed by atoms with Gasteiger partial charge < -0.3 is 5.73 Å². The van der Waals surface area contributed by atoms with Crippen molar-refractivity contribution in [2.24, 2.45) is 0 Å². The number of fused-ring (bicyclic) bond motifs is 1. The molecule has 21 heavy (non-hydrogen) atoms. The number of nitrogens with two attached hydrogens (primary N) is 1. The first-order valence-corrected chi connectivity index (χ1v) is 8.89. The van der Waals surface area contributed by atoms with Gasteiger partial charge in [0, 0.05) is 16.7 Å². The molecule has 0 fully saturated rings. The fourth-order valence-electron chi connectivity index (χ4n) is 2.59. The van der Waals surface area contributed by atoms with Crippen molar-refractivity contribution in [3.05, 3.63) is 52.5 Å². The van der Waals surface area contributed by atoms with E-state index in [2.05, 4.69) is 15.9 Å². The minimum absolute atomic E-state index is 0.208. The Kier molecular flexibility index (Phi) is 3.67. The number of anilines is 2. The molecular formula is C15H15BrN2O2S. The molecule has 1 heterocycles. The number of halogens is 1. The molecule has 0 radical (unpaired) electrons. The van der Waals surface area contributed by atoms with Crippen LogP contribution in [0.1, 0.15) is 12.0 Å². The van der Waals surface area contributed by atoms with Crippen LogP contribution >= 0.6 is 15.9 Å². The van der Waals surface area contributed by atoms with E-state index in [9.17, 15) is 8.42 Å². The minimum atomic E-state index is -3.62. The van der Waals surface area contributed by atoms with E-state index in [0.29, 0.717) is 16.7 Å². The first-order valence-electron chi connectivity index (χ1n) is 6.66. The van der Waals surface area contributed by atoms with E-state index in [1.165, 1.54) is 10.4 Å². The van der Waals surface area contributed by atoms with Crippen LogP contribution in [0.4, 0.5) is 11.4 Å². The molecule has 0 aliphatic carbocycles. The molecule has 0 atom stereocenters. The van der Waals surface area contributed by atoms with Gasteiger partial charge in [0.05, 0.1) is 5.69 Å². The molecule has 3 rings (SSSR count). The largest absolute Gasteiger partial charge is 0.399 e. The zero-order valence-corrected chi connectivity index (χ0v) is 13.7. The number of aryl methyl sites for hydroxylation is 1. The quantitative estimate of drug-likeness (QED) is 0.830.